The van der Waals surface area contributed by atoms with E-state index in [1.807, 2.05) is 27.8 Å². The van der Waals surface area contributed by atoms with Gasteiger partial charge in [0.05, 0.1) is 5.69 Å². The van der Waals surface area contributed by atoms with E-state index in [2.05, 4.69) is 10.6 Å². The summed E-state index contributed by atoms with van der Waals surface area (Å²) in [6, 6.07) is 0. The molecule has 0 heterocycles. The minimum atomic E-state index is -0.379. The highest BCUT2D eigenvalue weighted by atomic mass is 16.2. The van der Waals surface area contributed by atoms with Gasteiger partial charge in [-0.25, -0.2) is 0 Å². The molecule has 84 valence electrons. The van der Waals surface area contributed by atoms with Crippen LogP contribution in [0.2, 0.25) is 0 Å². The summed E-state index contributed by atoms with van der Waals surface area (Å²) < 4.78 is 0. The van der Waals surface area contributed by atoms with Crippen molar-refractivity contribution < 1.29 is 0 Å². The van der Waals surface area contributed by atoms with Crippen molar-refractivity contribution in [1.82, 2.24) is 5.32 Å². The summed E-state index contributed by atoms with van der Waals surface area (Å²) >= 11 is 0. The second kappa shape index (κ2) is 4.14. The molecule has 0 spiro atoms. The SMILES string of the molecule is CNCCNc1c(C(C)(C)C)c(=O)c1=O. The number of nitrogens with one attached hydrogen (secondary N) is 2. The molecule has 4 heteroatoms. The van der Waals surface area contributed by atoms with E-state index in [0.717, 1.165) is 6.54 Å². The molecule has 0 aliphatic carbocycles. The van der Waals surface area contributed by atoms with Crippen LogP contribution in [0.1, 0.15) is 26.3 Å². The number of anilines is 1. The Bertz CT molecular complexity index is 409. The maximum atomic E-state index is 11.4. The van der Waals surface area contributed by atoms with Gasteiger partial charge in [-0.2, -0.15) is 0 Å². The molecular formula is C11H18N2O2. The Morgan fingerprint density at radius 1 is 1.07 bits per heavy atom. The zero-order chi connectivity index (χ0) is 11.6. The quantitative estimate of drug-likeness (QED) is 0.551. The van der Waals surface area contributed by atoms with Gasteiger partial charge in [-0.1, -0.05) is 20.8 Å². The van der Waals surface area contributed by atoms with Crippen molar-refractivity contribution in [3.05, 3.63) is 26.0 Å². The first-order chi connectivity index (χ1) is 6.89. The molecule has 0 aliphatic rings. The fourth-order valence-corrected chi connectivity index (χ4v) is 1.59. The first-order valence-electron chi connectivity index (χ1n) is 5.12. The third kappa shape index (κ3) is 2.26. The van der Waals surface area contributed by atoms with Crippen LogP contribution in [0, 0.1) is 0 Å². The highest BCUT2D eigenvalue weighted by Crippen LogP contribution is 2.25. The van der Waals surface area contributed by atoms with Gasteiger partial charge >= 0.3 is 0 Å². The summed E-state index contributed by atoms with van der Waals surface area (Å²) in [5, 5.41) is 5.97. The van der Waals surface area contributed by atoms with Gasteiger partial charge in [0.15, 0.2) is 0 Å². The molecule has 0 aromatic heterocycles. The van der Waals surface area contributed by atoms with E-state index in [-0.39, 0.29) is 16.3 Å². The third-order valence-electron chi connectivity index (χ3n) is 2.34. The Morgan fingerprint density at radius 3 is 2.13 bits per heavy atom. The lowest BCUT2D eigenvalue weighted by Crippen LogP contribution is -2.44. The van der Waals surface area contributed by atoms with Crippen LogP contribution in [0.15, 0.2) is 9.59 Å². The minimum absolute atomic E-state index is 0.257. The Kier molecular flexibility index (Phi) is 3.29. The van der Waals surface area contributed by atoms with E-state index in [9.17, 15) is 9.59 Å². The van der Waals surface area contributed by atoms with Crippen LogP contribution >= 0.6 is 0 Å². The van der Waals surface area contributed by atoms with Gasteiger partial charge in [0.2, 0.25) is 10.9 Å². The van der Waals surface area contributed by atoms with Crippen LogP contribution in [0.3, 0.4) is 0 Å². The first-order valence-corrected chi connectivity index (χ1v) is 5.12. The molecule has 0 radical (unpaired) electrons. The number of hydrogen-bond donors (Lipinski definition) is 2. The summed E-state index contributed by atoms with van der Waals surface area (Å²) in [7, 11) is 1.84. The van der Waals surface area contributed by atoms with Crippen LogP contribution in [0.5, 0.6) is 0 Å². The molecule has 2 N–H and O–H groups in total. The lowest BCUT2D eigenvalue weighted by Gasteiger charge is -2.24. The summed E-state index contributed by atoms with van der Waals surface area (Å²) in [6.45, 7) is 7.23. The zero-order valence-corrected chi connectivity index (χ0v) is 9.73. The molecule has 15 heavy (non-hydrogen) atoms. The smallest absolute Gasteiger partial charge is 0.249 e. The van der Waals surface area contributed by atoms with Crippen LogP contribution < -0.4 is 21.5 Å². The molecule has 1 rings (SSSR count). The van der Waals surface area contributed by atoms with E-state index in [0.29, 0.717) is 17.8 Å². The van der Waals surface area contributed by atoms with Gasteiger partial charge in [-0.3, -0.25) is 9.59 Å². The maximum absolute atomic E-state index is 11.4. The van der Waals surface area contributed by atoms with Gasteiger partial charge in [0.1, 0.15) is 0 Å². The highest BCUT2D eigenvalue weighted by Gasteiger charge is 2.29. The molecule has 0 aliphatic heterocycles. The lowest BCUT2D eigenvalue weighted by atomic mass is 9.82. The summed E-state index contributed by atoms with van der Waals surface area (Å²) in [5.74, 6) is 0. The standard InChI is InChI=1S/C11H18N2O2/c1-11(2,3)7-8(10(15)9(7)14)13-6-5-12-4/h12-13H,5-6H2,1-4H3. The Balaban J connectivity index is 2.86. The second-order valence-corrected chi connectivity index (χ2v) is 4.69. The topological polar surface area (TPSA) is 58.2 Å². The zero-order valence-electron chi connectivity index (χ0n) is 9.73. The molecule has 0 saturated heterocycles. The van der Waals surface area contributed by atoms with E-state index in [1.54, 1.807) is 0 Å². The summed E-state index contributed by atoms with van der Waals surface area (Å²) in [6.07, 6.45) is 0. The van der Waals surface area contributed by atoms with Crippen LogP contribution in [0.25, 0.3) is 0 Å². The Labute approximate surface area is 89.4 Å². The van der Waals surface area contributed by atoms with Crippen LogP contribution in [0.4, 0.5) is 5.69 Å². The van der Waals surface area contributed by atoms with Crippen molar-refractivity contribution in [2.45, 2.75) is 26.2 Å². The summed E-state index contributed by atoms with van der Waals surface area (Å²) in [5.41, 5.74) is 0.157. The van der Waals surface area contributed by atoms with E-state index >= 15 is 0 Å². The Hall–Kier alpha value is -1.16. The predicted octanol–water partition coefficient (Wildman–Crippen LogP) is 0.211. The molecule has 1 aromatic carbocycles. The molecule has 0 bridgehead atoms. The monoisotopic (exact) mass is 210 g/mol. The fraction of sp³-hybridized carbons (Fsp3) is 0.636. The molecule has 4 nitrogen and oxygen atoms in total. The minimum Gasteiger partial charge on any atom is -0.380 e. The normalized spacial score (nSPS) is 12.0. The van der Waals surface area contributed by atoms with Crippen LogP contribution in [-0.2, 0) is 5.41 Å². The van der Waals surface area contributed by atoms with Crippen molar-refractivity contribution in [1.29, 1.82) is 0 Å². The van der Waals surface area contributed by atoms with Crippen molar-refractivity contribution in [3.8, 4) is 0 Å². The number of hydrogen-bond acceptors (Lipinski definition) is 4. The largest absolute Gasteiger partial charge is 0.380 e. The van der Waals surface area contributed by atoms with Crippen molar-refractivity contribution >= 4 is 5.69 Å². The van der Waals surface area contributed by atoms with E-state index in [4.69, 9.17) is 0 Å². The van der Waals surface area contributed by atoms with Gasteiger partial charge in [0.25, 0.3) is 0 Å². The third-order valence-corrected chi connectivity index (χ3v) is 2.34. The van der Waals surface area contributed by atoms with E-state index in [1.165, 1.54) is 0 Å². The maximum Gasteiger partial charge on any atom is 0.249 e. The average molecular weight is 210 g/mol. The van der Waals surface area contributed by atoms with Gasteiger partial charge < -0.3 is 10.6 Å². The first kappa shape index (κ1) is 11.9. The molecular weight excluding hydrogens is 192 g/mol. The second-order valence-electron chi connectivity index (χ2n) is 4.69. The van der Waals surface area contributed by atoms with Crippen molar-refractivity contribution in [3.63, 3.8) is 0 Å². The number of likely N-dealkylation sites (N-methyl/N-ethyl adjacent to an activating group) is 1. The highest BCUT2D eigenvalue weighted by molar-refractivity contribution is 5.59. The molecule has 0 atom stereocenters. The molecule has 0 saturated carbocycles. The molecule has 0 unspecified atom stereocenters. The number of rotatable bonds is 4. The van der Waals surface area contributed by atoms with Crippen molar-refractivity contribution in [2.24, 2.45) is 0 Å². The van der Waals surface area contributed by atoms with Gasteiger partial charge in [-0.15, -0.1) is 0 Å². The summed E-state index contributed by atoms with van der Waals surface area (Å²) in [4.78, 5) is 22.7. The molecule has 0 fully saturated rings. The Morgan fingerprint density at radius 2 is 1.67 bits per heavy atom. The van der Waals surface area contributed by atoms with Crippen molar-refractivity contribution in [2.75, 3.05) is 25.5 Å². The molecule has 1 aromatic rings. The predicted molar refractivity (Wildman–Crippen MR) is 62.5 cm³/mol. The van der Waals surface area contributed by atoms with Crippen LogP contribution in [-0.4, -0.2) is 20.1 Å². The van der Waals surface area contributed by atoms with E-state index < -0.39 is 0 Å². The fourth-order valence-electron chi connectivity index (χ4n) is 1.59. The van der Waals surface area contributed by atoms with Gasteiger partial charge in [-0.05, 0) is 12.5 Å². The average Bonchev–Trinajstić information content (AvgIpc) is 2.13. The molecule has 0 amide bonds. The lowest BCUT2D eigenvalue weighted by molar-refractivity contribution is 0.580. The van der Waals surface area contributed by atoms with Gasteiger partial charge in [0, 0.05) is 18.7 Å².